The first-order valence-electron chi connectivity index (χ1n) is 6.59. The molecule has 2 aromatic rings. The van der Waals surface area contributed by atoms with E-state index in [0.29, 0.717) is 17.8 Å². The first kappa shape index (κ1) is 15.5. The van der Waals surface area contributed by atoms with Gasteiger partial charge in [0.2, 0.25) is 0 Å². The Morgan fingerprint density at radius 3 is 2.76 bits per heavy atom. The molecule has 1 heterocycles. The third kappa shape index (κ3) is 3.62. The number of aryl methyl sites for hydroxylation is 1. The lowest BCUT2D eigenvalue weighted by atomic mass is 10.0. The largest absolute Gasteiger partial charge is 0.416 e. The van der Waals surface area contributed by atoms with Crippen molar-refractivity contribution in [2.24, 2.45) is 5.84 Å². The van der Waals surface area contributed by atoms with Crippen LogP contribution in [0.2, 0.25) is 0 Å². The van der Waals surface area contributed by atoms with Crippen LogP contribution in [-0.4, -0.2) is 9.55 Å². The van der Waals surface area contributed by atoms with Gasteiger partial charge in [0.15, 0.2) is 0 Å². The van der Waals surface area contributed by atoms with E-state index in [0.717, 1.165) is 18.7 Å². The SMILES string of the molecule is CCn1ccnc1C(Cc1cccc(C(F)(F)F)c1)NN. The van der Waals surface area contributed by atoms with E-state index in [1.54, 1.807) is 12.3 Å². The molecule has 0 saturated heterocycles. The maximum atomic E-state index is 12.7. The van der Waals surface area contributed by atoms with Crippen LogP contribution in [-0.2, 0) is 19.1 Å². The Kier molecular flexibility index (Phi) is 4.64. The maximum absolute atomic E-state index is 12.7. The van der Waals surface area contributed by atoms with Crippen LogP contribution < -0.4 is 11.3 Å². The highest BCUT2D eigenvalue weighted by molar-refractivity contribution is 5.27. The minimum atomic E-state index is -4.34. The molecule has 3 N–H and O–H groups in total. The molecule has 0 saturated carbocycles. The number of nitrogens with one attached hydrogen (secondary N) is 1. The van der Waals surface area contributed by atoms with E-state index < -0.39 is 11.7 Å². The molecule has 1 aromatic carbocycles. The molecule has 0 spiro atoms. The fourth-order valence-electron chi connectivity index (χ4n) is 2.23. The van der Waals surface area contributed by atoms with E-state index in [4.69, 9.17) is 5.84 Å². The summed E-state index contributed by atoms with van der Waals surface area (Å²) in [6.45, 7) is 2.68. The zero-order valence-corrected chi connectivity index (χ0v) is 11.6. The van der Waals surface area contributed by atoms with E-state index in [2.05, 4.69) is 10.4 Å². The maximum Gasteiger partial charge on any atom is 0.416 e. The summed E-state index contributed by atoms with van der Waals surface area (Å²) in [7, 11) is 0. The lowest BCUT2D eigenvalue weighted by Crippen LogP contribution is -2.31. The van der Waals surface area contributed by atoms with Crippen molar-refractivity contribution in [3.63, 3.8) is 0 Å². The van der Waals surface area contributed by atoms with Gasteiger partial charge in [-0.3, -0.25) is 5.84 Å². The second-order valence-corrected chi connectivity index (χ2v) is 4.69. The van der Waals surface area contributed by atoms with Gasteiger partial charge in [0.05, 0.1) is 11.6 Å². The average molecular weight is 298 g/mol. The standard InChI is InChI=1S/C14H17F3N4/c1-2-21-7-6-19-13(21)12(20-18)9-10-4-3-5-11(8-10)14(15,16)17/h3-8,12,20H,2,9,18H2,1H3. The fraction of sp³-hybridized carbons (Fsp3) is 0.357. The van der Waals surface area contributed by atoms with Crippen molar-refractivity contribution < 1.29 is 13.2 Å². The number of benzene rings is 1. The van der Waals surface area contributed by atoms with Crippen LogP contribution in [0.25, 0.3) is 0 Å². The molecule has 1 aromatic heterocycles. The van der Waals surface area contributed by atoms with Crippen LogP contribution in [0.15, 0.2) is 36.7 Å². The van der Waals surface area contributed by atoms with Gasteiger partial charge >= 0.3 is 6.18 Å². The Morgan fingerprint density at radius 2 is 2.14 bits per heavy atom. The van der Waals surface area contributed by atoms with Crippen LogP contribution in [0.1, 0.15) is 29.9 Å². The van der Waals surface area contributed by atoms with E-state index in [9.17, 15) is 13.2 Å². The first-order chi connectivity index (χ1) is 9.95. The zero-order valence-electron chi connectivity index (χ0n) is 11.6. The summed E-state index contributed by atoms with van der Waals surface area (Å²) >= 11 is 0. The molecule has 0 fully saturated rings. The summed E-state index contributed by atoms with van der Waals surface area (Å²) in [5.41, 5.74) is 2.52. The molecule has 0 aliphatic rings. The predicted molar refractivity (Wildman–Crippen MR) is 73.1 cm³/mol. The molecular weight excluding hydrogens is 281 g/mol. The van der Waals surface area contributed by atoms with Gasteiger partial charge in [-0.25, -0.2) is 10.4 Å². The molecule has 0 amide bonds. The fourth-order valence-corrected chi connectivity index (χ4v) is 2.23. The minimum Gasteiger partial charge on any atom is -0.334 e. The third-order valence-corrected chi connectivity index (χ3v) is 3.30. The van der Waals surface area contributed by atoms with Crippen molar-refractivity contribution in [3.8, 4) is 0 Å². The molecular formula is C14H17F3N4. The van der Waals surface area contributed by atoms with Crippen LogP contribution in [0.4, 0.5) is 13.2 Å². The van der Waals surface area contributed by atoms with Gasteiger partial charge in [-0.15, -0.1) is 0 Å². The monoisotopic (exact) mass is 298 g/mol. The topological polar surface area (TPSA) is 55.9 Å². The zero-order chi connectivity index (χ0) is 15.5. The van der Waals surface area contributed by atoms with Crippen LogP contribution in [0, 0.1) is 0 Å². The second kappa shape index (κ2) is 6.28. The van der Waals surface area contributed by atoms with Gasteiger partial charge < -0.3 is 4.57 Å². The Hall–Kier alpha value is -1.86. The second-order valence-electron chi connectivity index (χ2n) is 4.69. The molecule has 4 nitrogen and oxygen atoms in total. The molecule has 1 unspecified atom stereocenters. The Balaban J connectivity index is 2.23. The van der Waals surface area contributed by atoms with Crippen molar-refractivity contribution >= 4 is 0 Å². The van der Waals surface area contributed by atoms with E-state index in [1.165, 1.54) is 6.07 Å². The number of halogens is 3. The Labute approximate surface area is 120 Å². The van der Waals surface area contributed by atoms with Gasteiger partial charge in [0, 0.05) is 18.9 Å². The lowest BCUT2D eigenvalue weighted by Gasteiger charge is -2.17. The van der Waals surface area contributed by atoms with E-state index in [-0.39, 0.29) is 6.04 Å². The highest BCUT2D eigenvalue weighted by Crippen LogP contribution is 2.30. The smallest absolute Gasteiger partial charge is 0.334 e. The number of nitrogens with two attached hydrogens (primary N) is 1. The Morgan fingerprint density at radius 1 is 1.38 bits per heavy atom. The minimum absolute atomic E-state index is 0.331. The average Bonchev–Trinajstić information content (AvgIpc) is 2.92. The molecule has 0 bridgehead atoms. The molecule has 2 rings (SSSR count). The molecule has 114 valence electrons. The van der Waals surface area contributed by atoms with E-state index >= 15 is 0 Å². The normalized spacial score (nSPS) is 13.4. The number of hydrogen-bond donors (Lipinski definition) is 2. The number of nitrogens with zero attached hydrogens (tertiary/aromatic N) is 2. The number of hydrazine groups is 1. The summed E-state index contributed by atoms with van der Waals surface area (Å²) in [5.74, 6) is 6.24. The number of rotatable bonds is 5. The lowest BCUT2D eigenvalue weighted by molar-refractivity contribution is -0.137. The number of imidazole rings is 1. The number of aromatic nitrogens is 2. The summed E-state index contributed by atoms with van der Waals surface area (Å²) in [5, 5.41) is 0. The van der Waals surface area contributed by atoms with Gasteiger partial charge in [-0.2, -0.15) is 13.2 Å². The number of hydrogen-bond acceptors (Lipinski definition) is 3. The quantitative estimate of drug-likeness (QED) is 0.659. The molecule has 21 heavy (non-hydrogen) atoms. The van der Waals surface area contributed by atoms with Gasteiger partial charge in [0.1, 0.15) is 5.82 Å². The summed E-state index contributed by atoms with van der Waals surface area (Å²) in [4.78, 5) is 4.22. The van der Waals surface area contributed by atoms with Crippen molar-refractivity contribution in [3.05, 3.63) is 53.6 Å². The molecule has 0 aliphatic heterocycles. The molecule has 1 atom stereocenters. The van der Waals surface area contributed by atoms with Crippen LogP contribution in [0.3, 0.4) is 0 Å². The molecule has 7 heteroatoms. The van der Waals surface area contributed by atoms with Crippen molar-refractivity contribution in [2.75, 3.05) is 0 Å². The summed E-state index contributed by atoms with van der Waals surface area (Å²) in [6, 6.07) is 4.91. The summed E-state index contributed by atoms with van der Waals surface area (Å²) < 4.78 is 40.1. The molecule has 0 aliphatic carbocycles. The Bertz CT molecular complexity index is 592. The predicted octanol–water partition coefficient (Wildman–Crippen LogP) is 2.67. The third-order valence-electron chi connectivity index (χ3n) is 3.30. The first-order valence-corrected chi connectivity index (χ1v) is 6.59. The van der Waals surface area contributed by atoms with Crippen molar-refractivity contribution in [2.45, 2.75) is 32.1 Å². The van der Waals surface area contributed by atoms with Crippen molar-refractivity contribution in [1.82, 2.24) is 15.0 Å². The van der Waals surface area contributed by atoms with Gasteiger partial charge in [-0.05, 0) is 25.0 Å². The highest BCUT2D eigenvalue weighted by Gasteiger charge is 2.30. The number of alkyl halides is 3. The van der Waals surface area contributed by atoms with E-state index in [1.807, 2.05) is 17.7 Å². The van der Waals surface area contributed by atoms with Crippen LogP contribution in [0.5, 0.6) is 0 Å². The van der Waals surface area contributed by atoms with Gasteiger partial charge in [-0.1, -0.05) is 18.2 Å². The highest BCUT2D eigenvalue weighted by atomic mass is 19.4. The van der Waals surface area contributed by atoms with Crippen LogP contribution >= 0.6 is 0 Å². The molecule has 0 radical (unpaired) electrons. The van der Waals surface area contributed by atoms with Gasteiger partial charge in [0.25, 0.3) is 0 Å². The van der Waals surface area contributed by atoms with Crippen molar-refractivity contribution in [1.29, 1.82) is 0 Å². The summed E-state index contributed by atoms with van der Waals surface area (Å²) in [6.07, 6.45) is -0.553.